The number of pyridine rings is 1. The normalized spacial score (nSPS) is 12.1. The predicted octanol–water partition coefficient (Wildman–Crippen LogP) is 3.42. The van der Waals surface area contributed by atoms with Gasteiger partial charge in [-0.05, 0) is 22.5 Å². The molecule has 0 fully saturated rings. The van der Waals surface area contributed by atoms with Crippen LogP contribution in [-0.2, 0) is 0 Å². The minimum Gasteiger partial charge on any atom is -0.322 e. The Bertz CT molecular complexity index is 715. The molecule has 1 amide bonds. The average molecular weight is 343 g/mol. The summed E-state index contributed by atoms with van der Waals surface area (Å²) in [5.41, 5.74) is 1.69. The second-order valence-electron chi connectivity index (χ2n) is 7.92. The molecule has 5 heteroatoms. The summed E-state index contributed by atoms with van der Waals surface area (Å²) >= 11 is 0. The maximum atomic E-state index is 12.9. The summed E-state index contributed by atoms with van der Waals surface area (Å²) in [6.45, 7) is 13.6. The molecule has 0 aliphatic carbocycles. The molecule has 23 heavy (non-hydrogen) atoms. The van der Waals surface area contributed by atoms with Crippen molar-refractivity contribution in [3.63, 3.8) is 0 Å². The van der Waals surface area contributed by atoms with Gasteiger partial charge in [-0.25, -0.2) is 0 Å². The maximum Gasteiger partial charge on any atom is 0.255 e. The highest BCUT2D eigenvalue weighted by atomic mass is 28.3. The molecule has 0 unspecified atom stereocenters. The van der Waals surface area contributed by atoms with Crippen molar-refractivity contribution in [2.45, 2.75) is 39.3 Å². The summed E-state index contributed by atoms with van der Waals surface area (Å²) in [6, 6.07) is 9.88. The van der Waals surface area contributed by atoms with Crippen LogP contribution in [0.15, 0.2) is 42.7 Å². The van der Waals surface area contributed by atoms with Crippen LogP contribution in [0.4, 0.5) is 5.69 Å². The molecule has 0 aliphatic heterocycles. The summed E-state index contributed by atoms with van der Waals surface area (Å²) in [5.74, 6) is -0.0197. The first kappa shape index (κ1) is 17.6. The Labute approximate surface area is 141 Å². The second-order valence-corrected chi connectivity index (χ2v) is 18.0. The first-order valence-corrected chi connectivity index (χ1v) is 15.0. The lowest BCUT2D eigenvalue weighted by atomic mass is 10.2. The molecular weight excluding hydrogens is 316 g/mol. The molecule has 1 aromatic heterocycles. The smallest absolute Gasteiger partial charge is 0.255 e. The Kier molecular flexibility index (Phi) is 4.91. The zero-order valence-electron chi connectivity index (χ0n) is 14.9. The van der Waals surface area contributed by atoms with E-state index in [2.05, 4.69) is 55.6 Å². The summed E-state index contributed by atoms with van der Waals surface area (Å²) in [4.78, 5) is 17.1. The number of nitrogens with zero attached hydrogens (tertiary/aromatic N) is 1. The van der Waals surface area contributed by atoms with Crippen LogP contribution in [0.5, 0.6) is 0 Å². The molecule has 122 valence electrons. The molecule has 1 N–H and O–H groups in total. The Morgan fingerprint density at radius 1 is 0.913 bits per heavy atom. The van der Waals surface area contributed by atoms with Crippen molar-refractivity contribution < 1.29 is 4.79 Å². The Morgan fingerprint density at radius 2 is 1.52 bits per heavy atom. The van der Waals surface area contributed by atoms with Gasteiger partial charge in [0.15, 0.2) is 0 Å². The number of carbonyl (C=O) groups is 1. The van der Waals surface area contributed by atoms with E-state index in [1.807, 2.05) is 30.5 Å². The minimum atomic E-state index is -1.57. The molecule has 0 radical (unpaired) electrons. The monoisotopic (exact) mass is 342 g/mol. The molecular formula is C18H26N2OSi2. The van der Waals surface area contributed by atoms with E-state index in [1.54, 1.807) is 6.20 Å². The van der Waals surface area contributed by atoms with Gasteiger partial charge in [0.1, 0.15) is 0 Å². The van der Waals surface area contributed by atoms with Gasteiger partial charge in [-0.15, -0.1) is 0 Å². The number of hydrogen-bond donors (Lipinski definition) is 1. The third-order valence-corrected chi connectivity index (χ3v) is 7.92. The number of carbonyl (C=O) groups excluding carboxylic acids is 1. The number of anilines is 1. The third-order valence-electron chi connectivity index (χ3n) is 3.86. The van der Waals surface area contributed by atoms with E-state index in [1.165, 1.54) is 10.4 Å². The quantitative estimate of drug-likeness (QED) is 0.865. The largest absolute Gasteiger partial charge is 0.322 e. The standard InChI is InChI=1S/C18H26N2OSi2/c1-22(2,3)16-10-8-7-9-14(16)18(21)20-15-11-12-19-13-17(15)23(4,5)6/h7-13H,1-6H3,(H,19,20,21). The molecule has 0 spiro atoms. The van der Waals surface area contributed by atoms with Crippen molar-refractivity contribution in [2.24, 2.45) is 0 Å². The van der Waals surface area contributed by atoms with E-state index < -0.39 is 16.1 Å². The van der Waals surface area contributed by atoms with Gasteiger partial charge in [0.2, 0.25) is 0 Å². The zero-order chi connectivity index (χ0) is 17.3. The minimum absolute atomic E-state index is 0.0197. The summed E-state index contributed by atoms with van der Waals surface area (Å²) < 4.78 is 0. The molecule has 0 saturated carbocycles. The molecule has 2 aromatic rings. The molecule has 2 rings (SSSR count). The van der Waals surface area contributed by atoms with Gasteiger partial charge in [-0.1, -0.05) is 57.5 Å². The highest BCUT2D eigenvalue weighted by Crippen LogP contribution is 2.13. The van der Waals surface area contributed by atoms with Gasteiger partial charge < -0.3 is 5.32 Å². The Balaban J connectivity index is 2.39. The first-order chi connectivity index (χ1) is 10.6. The van der Waals surface area contributed by atoms with Gasteiger partial charge in [-0.3, -0.25) is 9.78 Å². The molecule has 3 nitrogen and oxygen atoms in total. The molecule has 0 saturated heterocycles. The Morgan fingerprint density at radius 3 is 2.13 bits per heavy atom. The number of aromatic nitrogens is 1. The van der Waals surface area contributed by atoms with E-state index in [4.69, 9.17) is 0 Å². The van der Waals surface area contributed by atoms with Crippen LogP contribution in [0.2, 0.25) is 39.3 Å². The van der Waals surface area contributed by atoms with Crippen molar-refractivity contribution in [1.29, 1.82) is 0 Å². The second kappa shape index (κ2) is 6.41. The average Bonchev–Trinajstić information content (AvgIpc) is 2.46. The molecule has 1 heterocycles. The molecule has 0 bridgehead atoms. The fourth-order valence-corrected chi connectivity index (χ4v) is 5.64. The third kappa shape index (κ3) is 4.17. The summed E-state index contributed by atoms with van der Waals surface area (Å²) in [6.07, 6.45) is 3.63. The van der Waals surface area contributed by atoms with Gasteiger partial charge in [0.05, 0.1) is 16.1 Å². The van der Waals surface area contributed by atoms with Gasteiger partial charge in [-0.2, -0.15) is 0 Å². The van der Waals surface area contributed by atoms with Crippen LogP contribution in [0.25, 0.3) is 0 Å². The fraction of sp³-hybridized carbons (Fsp3) is 0.333. The van der Waals surface area contributed by atoms with Crippen LogP contribution < -0.4 is 15.7 Å². The lowest BCUT2D eigenvalue weighted by Crippen LogP contribution is -2.43. The number of benzene rings is 1. The van der Waals surface area contributed by atoms with Crippen molar-refractivity contribution in [3.8, 4) is 0 Å². The van der Waals surface area contributed by atoms with Crippen LogP contribution in [0, 0.1) is 0 Å². The molecule has 1 aromatic carbocycles. The van der Waals surface area contributed by atoms with Crippen LogP contribution in [0.1, 0.15) is 10.4 Å². The SMILES string of the molecule is C[Si](C)(C)c1cnccc1NC(=O)c1ccccc1[Si](C)(C)C. The van der Waals surface area contributed by atoms with E-state index in [0.717, 1.165) is 11.3 Å². The van der Waals surface area contributed by atoms with Crippen LogP contribution in [-0.4, -0.2) is 27.0 Å². The highest BCUT2D eigenvalue weighted by molar-refractivity contribution is 6.90. The summed E-state index contributed by atoms with van der Waals surface area (Å²) in [5, 5.41) is 5.50. The van der Waals surface area contributed by atoms with Gasteiger partial charge in [0.25, 0.3) is 5.91 Å². The van der Waals surface area contributed by atoms with E-state index in [9.17, 15) is 4.79 Å². The van der Waals surface area contributed by atoms with Crippen molar-refractivity contribution in [1.82, 2.24) is 4.98 Å². The van der Waals surface area contributed by atoms with Gasteiger partial charge >= 0.3 is 0 Å². The predicted molar refractivity (Wildman–Crippen MR) is 105 cm³/mol. The lowest BCUT2D eigenvalue weighted by Gasteiger charge is -2.23. The molecule has 0 aliphatic rings. The van der Waals surface area contributed by atoms with Gasteiger partial charge in [0, 0.05) is 23.6 Å². The maximum absolute atomic E-state index is 12.9. The number of rotatable bonds is 4. The topological polar surface area (TPSA) is 42.0 Å². The van der Waals surface area contributed by atoms with E-state index >= 15 is 0 Å². The van der Waals surface area contributed by atoms with Crippen molar-refractivity contribution in [2.75, 3.05) is 5.32 Å². The fourth-order valence-electron chi connectivity index (χ4n) is 2.63. The van der Waals surface area contributed by atoms with E-state index in [-0.39, 0.29) is 5.91 Å². The lowest BCUT2D eigenvalue weighted by molar-refractivity contribution is 0.102. The number of hydrogen-bond acceptors (Lipinski definition) is 2. The Hall–Kier alpha value is -1.73. The van der Waals surface area contributed by atoms with Crippen molar-refractivity contribution in [3.05, 3.63) is 48.3 Å². The highest BCUT2D eigenvalue weighted by Gasteiger charge is 2.25. The van der Waals surface area contributed by atoms with E-state index in [0.29, 0.717) is 0 Å². The zero-order valence-corrected chi connectivity index (χ0v) is 16.9. The van der Waals surface area contributed by atoms with Crippen molar-refractivity contribution >= 4 is 38.1 Å². The number of amides is 1. The summed E-state index contributed by atoms with van der Waals surface area (Å²) in [7, 11) is -3.14. The first-order valence-electron chi connectivity index (χ1n) is 7.96. The van der Waals surface area contributed by atoms with Crippen LogP contribution in [0.3, 0.4) is 0 Å². The number of nitrogens with one attached hydrogen (secondary N) is 1. The molecule has 0 atom stereocenters. The van der Waals surface area contributed by atoms with Crippen LogP contribution >= 0.6 is 0 Å².